The molecule has 8 nitrogen and oxygen atoms in total. The van der Waals surface area contributed by atoms with E-state index in [9.17, 15) is 4.79 Å². The van der Waals surface area contributed by atoms with Crippen molar-refractivity contribution in [3.63, 3.8) is 0 Å². The zero-order valence-electron chi connectivity index (χ0n) is 18.6. The Morgan fingerprint density at radius 3 is 2.75 bits per heavy atom. The van der Waals surface area contributed by atoms with Gasteiger partial charge >= 0.3 is 0 Å². The first kappa shape index (κ1) is 21.7. The summed E-state index contributed by atoms with van der Waals surface area (Å²) in [6.07, 6.45) is 5.43. The predicted octanol–water partition coefficient (Wildman–Crippen LogP) is 3.70. The molecule has 2 N–H and O–H groups in total. The molecule has 166 valence electrons. The van der Waals surface area contributed by atoms with E-state index in [1.54, 1.807) is 10.9 Å². The van der Waals surface area contributed by atoms with Crippen LogP contribution in [0, 0.1) is 5.92 Å². The van der Waals surface area contributed by atoms with E-state index in [-0.39, 0.29) is 5.91 Å². The lowest BCUT2D eigenvalue weighted by Gasteiger charge is -2.02. The predicted molar refractivity (Wildman–Crippen MR) is 123 cm³/mol. The van der Waals surface area contributed by atoms with Crippen molar-refractivity contribution in [2.45, 2.75) is 52.6 Å². The molecule has 3 aromatic heterocycles. The van der Waals surface area contributed by atoms with Crippen LogP contribution in [0.25, 0.3) is 11.0 Å². The number of aromatic nitrogens is 6. The number of nitrogens with zero attached hydrogens (tertiary/aromatic N) is 5. The van der Waals surface area contributed by atoms with Gasteiger partial charge in [-0.3, -0.25) is 9.48 Å². The Labute approximate surface area is 187 Å². The molecule has 0 bridgehead atoms. The minimum Gasteiger partial charge on any atom is -0.347 e. The maximum absolute atomic E-state index is 12.3. The van der Waals surface area contributed by atoms with Gasteiger partial charge in [0.1, 0.15) is 0 Å². The Balaban J connectivity index is 1.23. The molecule has 3 heterocycles. The number of carbonyl (C=O) groups excluding carboxylic acids is 1. The quantitative estimate of drug-likeness (QED) is 0.373. The van der Waals surface area contributed by atoms with E-state index < -0.39 is 0 Å². The summed E-state index contributed by atoms with van der Waals surface area (Å²) >= 11 is 0. The van der Waals surface area contributed by atoms with Gasteiger partial charge in [0.15, 0.2) is 11.3 Å². The zero-order chi connectivity index (χ0) is 22.3. The molecule has 0 spiro atoms. The molecule has 4 aromatic rings. The van der Waals surface area contributed by atoms with E-state index in [1.165, 1.54) is 5.69 Å². The molecule has 8 heteroatoms. The van der Waals surface area contributed by atoms with Crippen molar-refractivity contribution in [2.24, 2.45) is 5.92 Å². The molecule has 0 atom stereocenters. The number of hydrogen-bond acceptors (Lipinski definition) is 5. The van der Waals surface area contributed by atoms with Gasteiger partial charge in [0, 0.05) is 24.2 Å². The van der Waals surface area contributed by atoms with Crippen LogP contribution in [0.4, 0.5) is 0 Å². The second kappa shape index (κ2) is 10.2. The van der Waals surface area contributed by atoms with Crippen molar-refractivity contribution in [2.75, 3.05) is 0 Å². The molecule has 0 saturated heterocycles. The number of fused-ring (bicyclic) bond motifs is 1. The number of aromatic amines is 1. The summed E-state index contributed by atoms with van der Waals surface area (Å²) in [6, 6.07) is 14.1. The molecule has 0 aliphatic carbocycles. The summed E-state index contributed by atoms with van der Waals surface area (Å²) < 4.78 is 1.72. The van der Waals surface area contributed by atoms with E-state index in [0.29, 0.717) is 24.7 Å². The number of hydrogen-bond donors (Lipinski definition) is 2. The molecule has 0 fully saturated rings. The van der Waals surface area contributed by atoms with Crippen LogP contribution in [0.2, 0.25) is 0 Å². The number of rotatable bonds is 10. The highest BCUT2D eigenvalue weighted by Crippen LogP contribution is 2.17. The molecule has 0 saturated carbocycles. The number of amides is 1. The van der Waals surface area contributed by atoms with Gasteiger partial charge in [-0.05, 0) is 49.3 Å². The second-order valence-electron chi connectivity index (χ2n) is 8.52. The summed E-state index contributed by atoms with van der Waals surface area (Å²) in [6.45, 7) is 5.59. The van der Waals surface area contributed by atoms with Gasteiger partial charge in [0.05, 0.1) is 11.9 Å². The lowest BCUT2D eigenvalue weighted by Crippen LogP contribution is -2.23. The van der Waals surface area contributed by atoms with E-state index in [0.717, 1.165) is 48.0 Å². The summed E-state index contributed by atoms with van der Waals surface area (Å²) in [7, 11) is 0. The van der Waals surface area contributed by atoms with Crippen molar-refractivity contribution in [3.05, 3.63) is 71.3 Å². The van der Waals surface area contributed by atoms with Crippen LogP contribution in [0.1, 0.15) is 54.1 Å². The number of H-pyrrole nitrogens is 1. The minimum atomic E-state index is -0.216. The molecule has 0 aliphatic heterocycles. The van der Waals surface area contributed by atoms with E-state index in [4.69, 9.17) is 0 Å². The van der Waals surface area contributed by atoms with Crippen molar-refractivity contribution in [1.29, 1.82) is 0 Å². The average molecular weight is 432 g/mol. The Hall–Kier alpha value is -3.55. The lowest BCUT2D eigenvalue weighted by atomic mass is 10.1. The van der Waals surface area contributed by atoms with Gasteiger partial charge in [-0.15, -0.1) is 10.2 Å². The summed E-state index contributed by atoms with van der Waals surface area (Å²) in [5.74, 6) is 0.384. The highest BCUT2D eigenvalue weighted by molar-refractivity contribution is 5.91. The van der Waals surface area contributed by atoms with Gasteiger partial charge in [0.25, 0.3) is 5.91 Å². The molecule has 0 radical (unpaired) electrons. The monoisotopic (exact) mass is 431 g/mol. The molecule has 1 aromatic carbocycles. The van der Waals surface area contributed by atoms with Gasteiger partial charge in [-0.1, -0.05) is 49.4 Å². The van der Waals surface area contributed by atoms with Crippen molar-refractivity contribution in [3.8, 4) is 0 Å². The number of nitrogens with one attached hydrogen (secondary N) is 2. The number of unbranched alkanes of at least 4 members (excludes halogenated alkanes) is 1. The van der Waals surface area contributed by atoms with Crippen molar-refractivity contribution >= 4 is 16.9 Å². The number of carbonyl (C=O) groups is 1. The summed E-state index contributed by atoms with van der Waals surface area (Å²) in [5.41, 5.74) is 4.43. The summed E-state index contributed by atoms with van der Waals surface area (Å²) in [5, 5.41) is 20.7. The first-order chi connectivity index (χ1) is 15.6. The Bertz CT molecular complexity index is 1160. The van der Waals surface area contributed by atoms with Crippen molar-refractivity contribution in [1.82, 2.24) is 35.5 Å². The Kier molecular flexibility index (Phi) is 6.89. The van der Waals surface area contributed by atoms with Gasteiger partial charge < -0.3 is 10.3 Å². The normalized spacial score (nSPS) is 11.3. The van der Waals surface area contributed by atoms with E-state index in [2.05, 4.69) is 56.8 Å². The number of aryl methyl sites for hydroxylation is 2. The first-order valence-corrected chi connectivity index (χ1v) is 11.1. The third-order valence-corrected chi connectivity index (χ3v) is 5.25. The third-order valence-electron chi connectivity index (χ3n) is 5.25. The van der Waals surface area contributed by atoms with Gasteiger partial charge in [0.2, 0.25) is 0 Å². The molecular formula is C24H29N7O. The van der Waals surface area contributed by atoms with Crippen molar-refractivity contribution < 1.29 is 4.79 Å². The molecule has 4 rings (SSSR count). The lowest BCUT2D eigenvalue weighted by molar-refractivity contribution is 0.0946. The fraction of sp³-hybridized carbons (Fsp3) is 0.375. The zero-order valence-corrected chi connectivity index (χ0v) is 18.6. The van der Waals surface area contributed by atoms with Crippen LogP contribution in [-0.4, -0.2) is 36.1 Å². The van der Waals surface area contributed by atoms with Gasteiger partial charge in [-0.25, -0.2) is 0 Å². The molecule has 1 amide bonds. The topological polar surface area (TPSA) is 101 Å². The maximum Gasteiger partial charge on any atom is 0.273 e. The molecule has 0 unspecified atom stereocenters. The fourth-order valence-corrected chi connectivity index (χ4v) is 3.66. The average Bonchev–Trinajstić information content (AvgIpc) is 3.41. The van der Waals surface area contributed by atoms with E-state index >= 15 is 0 Å². The van der Waals surface area contributed by atoms with Crippen LogP contribution in [0.3, 0.4) is 0 Å². The highest BCUT2D eigenvalue weighted by atomic mass is 16.2. The summed E-state index contributed by atoms with van der Waals surface area (Å²) in [4.78, 5) is 15.6. The fourth-order valence-electron chi connectivity index (χ4n) is 3.66. The molecular weight excluding hydrogens is 402 g/mol. The standard InChI is InChI=1S/C24H29N7O/c1-17(2)12-21-14-19-13-20(27-29-23(19)26-21)10-6-7-11-31-16-22(28-30-31)24(32)25-15-18-8-4-3-5-9-18/h3-5,8-9,13-14,16-17H,6-7,10-12,15H2,1-2H3,(H,25,32)(H,26,29). The second-order valence-corrected chi connectivity index (χ2v) is 8.52. The smallest absolute Gasteiger partial charge is 0.273 e. The SMILES string of the molecule is CC(C)Cc1cc2cc(CCCCn3cc(C(=O)NCc4ccccc4)nn3)nnc2[nH]1. The third kappa shape index (κ3) is 5.78. The minimum absolute atomic E-state index is 0.216. The molecule has 32 heavy (non-hydrogen) atoms. The largest absolute Gasteiger partial charge is 0.347 e. The van der Waals surface area contributed by atoms with Crippen LogP contribution in [0.5, 0.6) is 0 Å². The first-order valence-electron chi connectivity index (χ1n) is 11.1. The Morgan fingerprint density at radius 1 is 1.09 bits per heavy atom. The van der Waals surface area contributed by atoms with Crippen LogP contribution >= 0.6 is 0 Å². The van der Waals surface area contributed by atoms with Crippen LogP contribution < -0.4 is 5.32 Å². The Morgan fingerprint density at radius 2 is 1.94 bits per heavy atom. The maximum atomic E-state index is 12.3. The highest BCUT2D eigenvalue weighted by Gasteiger charge is 2.11. The molecule has 0 aliphatic rings. The van der Waals surface area contributed by atoms with Crippen LogP contribution in [-0.2, 0) is 25.9 Å². The van der Waals surface area contributed by atoms with Crippen LogP contribution in [0.15, 0.2) is 48.7 Å². The van der Waals surface area contributed by atoms with E-state index in [1.807, 2.05) is 30.3 Å². The number of benzene rings is 1. The van der Waals surface area contributed by atoms with Gasteiger partial charge in [-0.2, -0.15) is 5.10 Å².